The van der Waals surface area contributed by atoms with E-state index in [2.05, 4.69) is 89.2 Å². The minimum Gasteiger partial charge on any atom is -0.255 e. The van der Waals surface area contributed by atoms with Gasteiger partial charge in [-0.2, -0.15) is 0 Å². The molecule has 0 unspecified atom stereocenters. The van der Waals surface area contributed by atoms with E-state index in [4.69, 9.17) is 4.98 Å². The van der Waals surface area contributed by atoms with Crippen molar-refractivity contribution >= 4 is 42.3 Å². The van der Waals surface area contributed by atoms with Gasteiger partial charge in [0.1, 0.15) is 0 Å². The van der Waals surface area contributed by atoms with Gasteiger partial charge < -0.3 is 0 Å². The van der Waals surface area contributed by atoms with Crippen LogP contribution in [0.3, 0.4) is 0 Å². The average molecular weight is 436 g/mol. The van der Waals surface area contributed by atoms with E-state index in [0.717, 1.165) is 5.69 Å². The van der Waals surface area contributed by atoms with E-state index >= 15 is 0 Å². The molecule has 0 aliphatic heterocycles. The number of nitrogens with zero attached hydrogens (tertiary/aromatic N) is 1. The van der Waals surface area contributed by atoms with Crippen LogP contribution >= 0.6 is 11.3 Å². The van der Waals surface area contributed by atoms with Crippen molar-refractivity contribution in [3.05, 3.63) is 77.5 Å². The molecule has 0 N–H and O–H groups in total. The van der Waals surface area contributed by atoms with Crippen LogP contribution in [0, 0.1) is 6.92 Å². The highest BCUT2D eigenvalue weighted by Crippen LogP contribution is 2.53. The fourth-order valence-corrected chi connectivity index (χ4v) is 7.32. The third-order valence-electron chi connectivity index (χ3n) is 7.66. The molecule has 0 spiro atoms. The molecule has 0 saturated carbocycles. The summed E-state index contributed by atoms with van der Waals surface area (Å²) in [7, 11) is 0. The van der Waals surface area contributed by atoms with Crippen molar-refractivity contribution in [3.63, 3.8) is 0 Å². The van der Waals surface area contributed by atoms with Crippen LogP contribution < -0.4 is 0 Å². The van der Waals surface area contributed by atoms with Crippen LogP contribution in [0.5, 0.6) is 0 Å². The monoisotopic (exact) mass is 435 g/mol. The highest BCUT2D eigenvalue weighted by Gasteiger charge is 2.39. The molecule has 1 nitrogen and oxygen atoms in total. The van der Waals surface area contributed by atoms with Gasteiger partial charge in [0.25, 0.3) is 0 Å². The van der Waals surface area contributed by atoms with Crippen molar-refractivity contribution in [3.8, 4) is 11.3 Å². The first kappa shape index (κ1) is 19.9. The molecular weight excluding hydrogens is 406 g/mol. The summed E-state index contributed by atoms with van der Waals surface area (Å²) in [5.74, 6) is 0. The van der Waals surface area contributed by atoms with E-state index in [9.17, 15) is 0 Å². The second-order valence-corrected chi connectivity index (χ2v) is 11.8. The molecule has 0 fully saturated rings. The maximum Gasteiger partial charge on any atom is 0.0880 e. The molecule has 1 aliphatic carbocycles. The Bertz CT molecular complexity index is 1530. The third kappa shape index (κ3) is 2.79. The smallest absolute Gasteiger partial charge is 0.0880 e. The first-order valence-electron chi connectivity index (χ1n) is 11.6. The molecule has 2 heteroatoms. The molecule has 2 heterocycles. The van der Waals surface area contributed by atoms with Crippen molar-refractivity contribution < 1.29 is 0 Å². The lowest BCUT2D eigenvalue weighted by atomic mass is 9.62. The molecular formula is C30H29NS. The Morgan fingerprint density at radius 2 is 1.56 bits per heavy atom. The predicted molar refractivity (Wildman–Crippen MR) is 140 cm³/mol. The normalized spacial score (nSPS) is 17.2. The van der Waals surface area contributed by atoms with E-state index < -0.39 is 0 Å². The van der Waals surface area contributed by atoms with Gasteiger partial charge in [-0.1, -0.05) is 70.2 Å². The zero-order valence-electron chi connectivity index (χ0n) is 19.5. The van der Waals surface area contributed by atoms with E-state index in [1.165, 1.54) is 54.9 Å². The van der Waals surface area contributed by atoms with Gasteiger partial charge in [-0.05, 0) is 70.2 Å². The highest BCUT2D eigenvalue weighted by molar-refractivity contribution is 7.26. The Morgan fingerprint density at radius 3 is 2.38 bits per heavy atom. The van der Waals surface area contributed by atoms with Gasteiger partial charge in [0, 0.05) is 27.2 Å². The molecule has 3 aromatic carbocycles. The fourth-order valence-electron chi connectivity index (χ4n) is 5.71. The van der Waals surface area contributed by atoms with Crippen molar-refractivity contribution in [2.24, 2.45) is 0 Å². The molecule has 32 heavy (non-hydrogen) atoms. The standard InChI is InChI=1S/C30H29NS/c1-18-16-23-25(30(4,5)14-13-29(23,2)3)28-24(18)22-12-15-31-26(27(22)32-28)21-11-10-19-8-6-7-9-20(19)17-21/h6-12,15-17H,13-14H2,1-5H3. The zero-order chi connectivity index (χ0) is 22.3. The number of thiophene rings is 1. The molecule has 0 bridgehead atoms. The maximum absolute atomic E-state index is 4.90. The summed E-state index contributed by atoms with van der Waals surface area (Å²) in [6.45, 7) is 12.0. The topological polar surface area (TPSA) is 12.9 Å². The first-order chi connectivity index (χ1) is 15.3. The number of benzene rings is 3. The molecule has 6 rings (SSSR count). The summed E-state index contributed by atoms with van der Waals surface area (Å²) >= 11 is 1.96. The van der Waals surface area contributed by atoms with Crippen LogP contribution in [-0.2, 0) is 10.8 Å². The van der Waals surface area contributed by atoms with Crippen LogP contribution in [-0.4, -0.2) is 4.98 Å². The van der Waals surface area contributed by atoms with Gasteiger partial charge in [-0.25, -0.2) is 0 Å². The van der Waals surface area contributed by atoms with Gasteiger partial charge in [0.15, 0.2) is 0 Å². The van der Waals surface area contributed by atoms with E-state index in [-0.39, 0.29) is 10.8 Å². The van der Waals surface area contributed by atoms with E-state index in [0.29, 0.717) is 0 Å². The number of aromatic nitrogens is 1. The number of hydrogen-bond acceptors (Lipinski definition) is 2. The maximum atomic E-state index is 4.90. The third-order valence-corrected chi connectivity index (χ3v) is 8.89. The predicted octanol–water partition coefficient (Wildman–Crippen LogP) is 8.93. The lowest BCUT2D eigenvalue weighted by molar-refractivity contribution is 0.334. The van der Waals surface area contributed by atoms with Crippen LogP contribution in [0.2, 0.25) is 0 Å². The average Bonchev–Trinajstić information content (AvgIpc) is 3.16. The lowest BCUT2D eigenvalue weighted by Gasteiger charge is -2.42. The Balaban J connectivity index is 1.70. The molecule has 0 atom stereocenters. The first-order valence-corrected chi connectivity index (χ1v) is 12.4. The summed E-state index contributed by atoms with van der Waals surface area (Å²) in [4.78, 5) is 4.90. The van der Waals surface area contributed by atoms with Crippen molar-refractivity contribution in [2.75, 3.05) is 0 Å². The molecule has 1 aliphatic rings. The van der Waals surface area contributed by atoms with E-state index in [1.807, 2.05) is 17.5 Å². The molecule has 0 radical (unpaired) electrons. The highest BCUT2D eigenvalue weighted by atomic mass is 32.1. The van der Waals surface area contributed by atoms with Gasteiger partial charge in [0.05, 0.1) is 10.4 Å². The summed E-state index contributed by atoms with van der Waals surface area (Å²) in [6, 6.07) is 20.0. The second kappa shape index (κ2) is 6.65. The molecule has 5 aromatic rings. The number of hydrogen-bond donors (Lipinski definition) is 0. The Kier molecular flexibility index (Phi) is 4.14. The SMILES string of the molecule is Cc1cc2c(c3sc4c(-c5ccc6ccccc6c5)nccc4c13)C(C)(C)CCC2(C)C. The number of aryl methyl sites for hydroxylation is 1. The summed E-state index contributed by atoms with van der Waals surface area (Å²) < 4.78 is 2.79. The lowest BCUT2D eigenvalue weighted by Crippen LogP contribution is -2.34. The van der Waals surface area contributed by atoms with Gasteiger partial charge in [-0.3, -0.25) is 4.98 Å². The number of pyridine rings is 1. The summed E-state index contributed by atoms with van der Waals surface area (Å²) in [6.07, 6.45) is 4.47. The minimum atomic E-state index is 0.189. The Morgan fingerprint density at radius 1 is 0.812 bits per heavy atom. The number of fused-ring (bicyclic) bond motifs is 6. The number of rotatable bonds is 1. The molecule has 2 aromatic heterocycles. The largest absolute Gasteiger partial charge is 0.255 e. The molecule has 0 saturated heterocycles. The molecule has 0 amide bonds. The van der Waals surface area contributed by atoms with Crippen molar-refractivity contribution in [1.82, 2.24) is 4.98 Å². The Labute approximate surface area is 194 Å². The summed E-state index contributed by atoms with van der Waals surface area (Å²) in [5, 5.41) is 5.32. The Hall–Kier alpha value is -2.71. The fraction of sp³-hybridized carbons (Fsp3) is 0.300. The summed E-state index contributed by atoms with van der Waals surface area (Å²) in [5.41, 5.74) is 7.23. The van der Waals surface area contributed by atoms with Gasteiger partial charge in [-0.15, -0.1) is 11.3 Å². The molecule has 160 valence electrons. The van der Waals surface area contributed by atoms with Crippen molar-refractivity contribution in [2.45, 2.75) is 58.3 Å². The van der Waals surface area contributed by atoms with Gasteiger partial charge >= 0.3 is 0 Å². The van der Waals surface area contributed by atoms with E-state index in [1.54, 1.807) is 11.1 Å². The minimum absolute atomic E-state index is 0.189. The quantitative estimate of drug-likeness (QED) is 0.256. The van der Waals surface area contributed by atoms with Crippen LogP contribution in [0.15, 0.2) is 60.8 Å². The second-order valence-electron chi connectivity index (χ2n) is 10.8. The van der Waals surface area contributed by atoms with Crippen LogP contribution in [0.25, 0.3) is 42.2 Å². The van der Waals surface area contributed by atoms with Crippen LogP contribution in [0.4, 0.5) is 0 Å². The van der Waals surface area contributed by atoms with Gasteiger partial charge in [0.2, 0.25) is 0 Å². The van der Waals surface area contributed by atoms with Crippen molar-refractivity contribution in [1.29, 1.82) is 0 Å². The van der Waals surface area contributed by atoms with Crippen LogP contribution in [0.1, 0.15) is 57.2 Å². The zero-order valence-corrected chi connectivity index (χ0v) is 20.4.